The maximum absolute atomic E-state index is 15.2. The molecule has 37 heavy (non-hydrogen) atoms. The molecule has 1 aliphatic heterocycles. The Morgan fingerprint density at radius 3 is 1.95 bits per heavy atom. The summed E-state index contributed by atoms with van der Waals surface area (Å²) in [7, 11) is 0. The Hall–Kier alpha value is -0.510. The van der Waals surface area contributed by atoms with Crippen molar-refractivity contribution in [2.45, 2.75) is 129 Å². The third kappa shape index (κ3) is 11.6. The third-order valence-corrected chi connectivity index (χ3v) is 6.97. The molecular formula is C28H52ClFO7. The molecule has 0 saturated carbocycles. The van der Waals surface area contributed by atoms with Gasteiger partial charge in [-0.05, 0) is 32.6 Å². The molecule has 1 saturated heterocycles. The summed E-state index contributed by atoms with van der Waals surface area (Å²) in [6, 6.07) is 0. The highest BCUT2D eigenvalue weighted by atomic mass is 35.5. The first-order valence-corrected chi connectivity index (χ1v) is 14.9. The van der Waals surface area contributed by atoms with Crippen molar-refractivity contribution < 1.29 is 37.6 Å². The number of ether oxygens (including phenoxy) is 6. The second kappa shape index (κ2) is 20.4. The van der Waals surface area contributed by atoms with Crippen LogP contribution in [0.15, 0.2) is 0 Å². The molecule has 0 radical (unpaired) electrons. The molecule has 0 N–H and O–H groups in total. The summed E-state index contributed by atoms with van der Waals surface area (Å²) in [5.41, 5.74) is -1.32. The predicted molar refractivity (Wildman–Crippen MR) is 144 cm³/mol. The van der Waals surface area contributed by atoms with Crippen molar-refractivity contribution in [1.29, 1.82) is 0 Å². The van der Waals surface area contributed by atoms with E-state index in [-0.39, 0.29) is 25.5 Å². The first-order chi connectivity index (χ1) is 17.9. The van der Waals surface area contributed by atoms with Crippen molar-refractivity contribution >= 4 is 17.6 Å². The van der Waals surface area contributed by atoms with Crippen molar-refractivity contribution in [2.24, 2.45) is 0 Å². The summed E-state index contributed by atoms with van der Waals surface area (Å²) in [6.07, 6.45) is 2.85. The SMILES string of the molecule is CCCCOC[C@H]1OC(CCl)(CC(F)C(=O)OCC)[C@H](OCCCC)[C@@H](OCCCC)[C@H]1OCCCC. The fourth-order valence-electron chi connectivity index (χ4n) is 4.35. The molecule has 9 heteroatoms. The molecule has 1 rings (SSSR count). The smallest absolute Gasteiger partial charge is 0.340 e. The highest BCUT2D eigenvalue weighted by Crippen LogP contribution is 2.40. The molecule has 0 spiro atoms. The van der Waals surface area contributed by atoms with E-state index in [1.165, 1.54) is 0 Å². The number of unbranched alkanes of at least 4 members (excludes halogenated alkanes) is 4. The van der Waals surface area contributed by atoms with Gasteiger partial charge >= 0.3 is 5.97 Å². The Morgan fingerprint density at radius 2 is 1.41 bits per heavy atom. The Morgan fingerprint density at radius 1 is 0.865 bits per heavy atom. The standard InChI is InChI=1S/C28H52ClFO7/c1-6-11-15-32-20-23-24(34-16-12-7-2)25(35-17-13-8-3)26(36-18-14-9-4)28(21-29,37-23)19-22(30)27(31)33-10-5/h22-26H,6-21H2,1-5H3/t22?,23-,24+,25+,26-,28?/m1/s1. The van der Waals surface area contributed by atoms with Crippen molar-refractivity contribution in [3.05, 3.63) is 0 Å². The Labute approximate surface area is 229 Å². The summed E-state index contributed by atoms with van der Waals surface area (Å²) < 4.78 is 51.9. The third-order valence-electron chi connectivity index (χ3n) is 6.52. The molecule has 1 fully saturated rings. The van der Waals surface area contributed by atoms with Crippen LogP contribution >= 0.6 is 11.6 Å². The van der Waals surface area contributed by atoms with Crippen LogP contribution in [0.4, 0.5) is 4.39 Å². The minimum absolute atomic E-state index is 0.0790. The minimum atomic E-state index is -1.91. The van der Waals surface area contributed by atoms with Gasteiger partial charge in [0.1, 0.15) is 30.0 Å². The van der Waals surface area contributed by atoms with Crippen LogP contribution in [-0.4, -0.2) is 87.7 Å². The van der Waals surface area contributed by atoms with E-state index in [0.29, 0.717) is 26.4 Å². The van der Waals surface area contributed by atoms with E-state index in [9.17, 15) is 4.79 Å². The number of rotatable bonds is 22. The van der Waals surface area contributed by atoms with Gasteiger partial charge in [0.2, 0.25) is 0 Å². The fourth-order valence-corrected chi connectivity index (χ4v) is 4.68. The molecule has 0 aromatic rings. The van der Waals surface area contributed by atoms with Crippen molar-refractivity contribution in [1.82, 2.24) is 0 Å². The van der Waals surface area contributed by atoms with Gasteiger partial charge in [0.05, 0.1) is 19.1 Å². The number of carbonyl (C=O) groups is 1. The molecule has 2 unspecified atom stereocenters. The number of esters is 1. The number of hydrogen-bond donors (Lipinski definition) is 0. The zero-order valence-corrected chi connectivity index (χ0v) is 24.6. The Kier molecular flexibility index (Phi) is 19.0. The fraction of sp³-hybridized carbons (Fsp3) is 0.964. The molecule has 220 valence electrons. The normalized spacial score (nSPS) is 26.8. The highest BCUT2D eigenvalue weighted by molar-refractivity contribution is 6.18. The van der Waals surface area contributed by atoms with E-state index in [1.807, 2.05) is 0 Å². The van der Waals surface area contributed by atoms with Gasteiger partial charge in [-0.2, -0.15) is 0 Å². The second-order valence-electron chi connectivity index (χ2n) is 9.73. The maximum Gasteiger partial charge on any atom is 0.340 e. The maximum atomic E-state index is 15.2. The predicted octanol–water partition coefficient (Wildman–Crippen LogP) is 6.03. The van der Waals surface area contributed by atoms with Gasteiger partial charge < -0.3 is 28.4 Å². The first kappa shape index (κ1) is 34.5. The zero-order chi connectivity index (χ0) is 27.5. The van der Waals surface area contributed by atoms with Crippen LogP contribution < -0.4 is 0 Å². The van der Waals surface area contributed by atoms with Gasteiger partial charge in [0.15, 0.2) is 6.17 Å². The van der Waals surface area contributed by atoms with Gasteiger partial charge in [-0.15, -0.1) is 11.6 Å². The average molecular weight is 555 g/mol. The zero-order valence-electron chi connectivity index (χ0n) is 23.8. The topological polar surface area (TPSA) is 72.5 Å². The van der Waals surface area contributed by atoms with Crippen molar-refractivity contribution in [2.75, 3.05) is 45.5 Å². The molecule has 1 heterocycles. The van der Waals surface area contributed by atoms with Crippen LogP contribution in [-0.2, 0) is 33.2 Å². The lowest BCUT2D eigenvalue weighted by atomic mass is 9.81. The van der Waals surface area contributed by atoms with E-state index in [2.05, 4.69) is 27.7 Å². The van der Waals surface area contributed by atoms with Gasteiger partial charge in [-0.25, -0.2) is 9.18 Å². The van der Waals surface area contributed by atoms with Gasteiger partial charge in [-0.3, -0.25) is 0 Å². The van der Waals surface area contributed by atoms with Crippen LogP contribution in [0.5, 0.6) is 0 Å². The molecule has 0 aliphatic carbocycles. The second-order valence-corrected chi connectivity index (χ2v) is 10.00. The molecule has 0 aromatic carbocycles. The first-order valence-electron chi connectivity index (χ1n) is 14.4. The van der Waals surface area contributed by atoms with Gasteiger partial charge in [-0.1, -0.05) is 53.4 Å². The molecule has 0 bridgehead atoms. The van der Waals surface area contributed by atoms with E-state index < -0.39 is 42.2 Å². The summed E-state index contributed by atoms with van der Waals surface area (Å²) in [6.45, 7) is 12.4. The molecule has 6 atom stereocenters. The summed E-state index contributed by atoms with van der Waals surface area (Å²) in [5.74, 6) is -1.01. The molecule has 0 amide bonds. The van der Waals surface area contributed by atoms with Crippen LogP contribution in [0.25, 0.3) is 0 Å². The van der Waals surface area contributed by atoms with E-state index >= 15 is 4.39 Å². The molecule has 0 aromatic heterocycles. The lowest BCUT2D eigenvalue weighted by Crippen LogP contribution is -2.69. The largest absolute Gasteiger partial charge is 0.464 e. The van der Waals surface area contributed by atoms with Crippen molar-refractivity contribution in [3.63, 3.8) is 0 Å². The van der Waals surface area contributed by atoms with Crippen LogP contribution in [0.3, 0.4) is 0 Å². The van der Waals surface area contributed by atoms with E-state index in [0.717, 1.165) is 51.4 Å². The summed E-state index contributed by atoms with van der Waals surface area (Å²) in [5, 5.41) is 0. The Bertz CT molecular complexity index is 585. The van der Waals surface area contributed by atoms with Crippen LogP contribution in [0, 0.1) is 0 Å². The Balaban J connectivity index is 3.41. The number of carbonyl (C=O) groups excluding carboxylic acids is 1. The average Bonchev–Trinajstić information content (AvgIpc) is 2.89. The van der Waals surface area contributed by atoms with E-state index in [1.54, 1.807) is 6.92 Å². The lowest BCUT2D eigenvalue weighted by Gasteiger charge is -2.52. The summed E-state index contributed by atoms with van der Waals surface area (Å²) >= 11 is 6.56. The number of hydrogen-bond acceptors (Lipinski definition) is 7. The van der Waals surface area contributed by atoms with Crippen molar-refractivity contribution in [3.8, 4) is 0 Å². The summed E-state index contributed by atoms with van der Waals surface area (Å²) in [4.78, 5) is 12.3. The lowest BCUT2D eigenvalue weighted by molar-refractivity contribution is -0.300. The monoisotopic (exact) mass is 554 g/mol. The minimum Gasteiger partial charge on any atom is -0.464 e. The number of alkyl halides is 2. The highest BCUT2D eigenvalue weighted by Gasteiger charge is 2.57. The quantitative estimate of drug-likeness (QED) is 0.0919. The molecule has 7 nitrogen and oxygen atoms in total. The van der Waals surface area contributed by atoms with Gasteiger partial charge in [0, 0.05) is 32.8 Å². The number of halogens is 2. The van der Waals surface area contributed by atoms with Crippen LogP contribution in [0.2, 0.25) is 0 Å². The molecular weight excluding hydrogens is 503 g/mol. The van der Waals surface area contributed by atoms with E-state index in [4.69, 9.17) is 40.0 Å². The van der Waals surface area contributed by atoms with Gasteiger partial charge in [0.25, 0.3) is 0 Å². The molecule has 1 aliphatic rings. The van der Waals surface area contributed by atoms with Crippen LogP contribution in [0.1, 0.15) is 92.4 Å².